The molecule has 0 spiro atoms. The molecule has 5 rings (SSSR count). The van der Waals surface area contributed by atoms with Crippen LogP contribution in [0.15, 0.2) is 18.2 Å². The molecular weight excluding hydrogens is 316 g/mol. The van der Waals surface area contributed by atoms with Crippen LogP contribution in [-0.2, 0) is 4.79 Å². The number of ketones is 2. The second-order valence-electron chi connectivity index (χ2n) is 8.33. The van der Waals surface area contributed by atoms with E-state index in [4.69, 9.17) is 9.47 Å². The Bertz CT molecular complexity index is 671. The lowest BCUT2D eigenvalue weighted by Crippen LogP contribution is -2.51. The fourth-order valence-electron chi connectivity index (χ4n) is 5.75. The molecule has 0 saturated heterocycles. The van der Waals surface area contributed by atoms with Gasteiger partial charge >= 0.3 is 0 Å². The number of carbonyl (C=O) groups is 2. The minimum atomic E-state index is -0.138. The molecule has 134 valence electrons. The highest BCUT2D eigenvalue weighted by molar-refractivity contribution is 5.94. The molecule has 0 amide bonds. The Hall–Kier alpha value is -1.84. The first-order valence-corrected chi connectivity index (χ1v) is 9.34. The van der Waals surface area contributed by atoms with Gasteiger partial charge in [-0.2, -0.15) is 0 Å². The van der Waals surface area contributed by atoms with Crippen molar-refractivity contribution in [1.29, 1.82) is 0 Å². The van der Waals surface area contributed by atoms with Gasteiger partial charge < -0.3 is 9.47 Å². The predicted octanol–water partition coefficient (Wildman–Crippen LogP) is 4.06. The highest BCUT2D eigenvalue weighted by Gasteiger charge is 2.54. The number of Topliss-reactive ketones (excluding diaryl/α,β-unsaturated/α-hetero) is 2. The number of hydrogen-bond donors (Lipinski definition) is 0. The topological polar surface area (TPSA) is 52.6 Å². The van der Waals surface area contributed by atoms with Crippen LogP contribution in [0.3, 0.4) is 0 Å². The van der Waals surface area contributed by atoms with Crippen LogP contribution in [0.2, 0.25) is 0 Å². The monoisotopic (exact) mass is 342 g/mol. The molecule has 4 heteroatoms. The first-order chi connectivity index (χ1) is 12.0. The third kappa shape index (κ3) is 2.96. The molecule has 0 N–H and O–H groups in total. The van der Waals surface area contributed by atoms with Crippen LogP contribution in [0.25, 0.3) is 0 Å². The fraction of sp³-hybridized carbons (Fsp3) is 0.619. The van der Waals surface area contributed by atoms with E-state index in [9.17, 15) is 9.59 Å². The van der Waals surface area contributed by atoms with Crippen molar-refractivity contribution in [1.82, 2.24) is 0 Å². The number of rotatable bonds is 6. The molecular formula is C21H26O4. The summed E-state index contributed by atoms with van der Waals surface area (Å²) < 4.78 is 11.2. The minimum Gasteiger partial charge on any atom is -0.493 e. The van der Waals surface area contributed by atoms with E-state index in [1.165, 1.54) is 26.2 Å². The molecule has 0 aliphatic heterocycles. The Labute approximate surface area is 148 Å². The van der Waals surface area contributed by atoms with Gasteiger partial charge in [0.05, 0.1) is 7.11 Å². The van der Waals surface area contributed by atoms with Gasteiger partial charge in [0.2, 0.25) is 0 Å². The number of carbonyl (C=O) groups excluding carboxylic acids is 2. The summed E-state index contributed by atoms with van der Waals surface area (Å²) in [6.07, 6.45) is 7.15. The van der Waals surface area contributed by atoms with Gasteiger partial charge in [0.25, 0.3) is 0 Å². The lowest BCUT2D eigenvalue weighted by Gasteiger charge is -2.55. The molecule has 4 aliphatic carbocycles. The van der Waals surface area contributed by atoms with Gasteiger partial charge in [-0.1, -0.05) is 0 Å². The molecule has 4 bridgehead atoms. The standard InChI is InChI=1S/C21H26O4/c1-13(22)17-3-4-18(19(8-17)24-2)25-12-20(23)21-9-14-5-15(10-21)7-16(6-14)11-21/h3-4,8,14-16H,5-7,9-12H2,1-2H3. The van der Waals surface area contributed by atoms with Crippen LogP contribution in [0.1, 0.15) is 55.8 Å². The highest BCUT2D eigenvalue weighted by atomic mass is 16.5. The second kappa shape index (κ2) is 6.15. The van der Waals surface area contributed by atoms with Crippen molar-refractivity contribution in [3.63, 3.8) is 0 Å². The van der Waals surface area contributed by atoms with E-state index in [1.54, 1.807) is 25.3 Å². The van der Waals surface area contributed by atoms with Gasteiger partial charge in [-0.25, -0.2) is 0 Å². The van der Waals surface area contributed by atoms with E-state index in [0.29, 0.717) is 17.1 Å². The van der Waals surface area contributed by atoms with Gasteiger partial charge in [-0.15, -0.1) is 0 Å². The van der Waals surface area contributed by atoms with Gasteiger partial charge in [0.1, 0.15) is 6.61 Å². The van der Waals surface area contributed by atoms with Crippen molar-refractivity contribution < 1.29 is 19.1 Å². The van der Waals surface area contributed by atoms with Gasteiger partial charge in [-0.3, -0.25) is 9.59 Å². The van der Waals surface area contributed by atoms with Crippen molar-refractivity contribution in [2.45, 2.75) is 45.4 Å². The van der Waals surface area contributed by atoms with E-state index in [2.05, 4.69) is 0 Å². The van der Waals surface area contributed by atoms with Crippen LogP contribution in [-0.4, -0.2) is 25.3 Å². The second-order valence-corrected chi connectivity index (χ2v) is 8.33. The molecule has 0 unspecified atom stereocenters. The predicted molar refractivity (Wildman–Crippen MR) is 94.1 cm³/mol. The van der Waals surface area contributed by atoms with Crippen LogP contribution in [0, 0.1) is 23.2 Å². The zero-order valence-electron chi connectivity index (χ0n) is 15.0. The number of methoxy groups -OCH3 is 1. The van der Waals surface area contributed by atoms with E-state index in [-0.39, 0.29) is 23.6 Å². The van der Waals surface area contributed by atoms with Crippen molar-refractivity contribution in [3.8, 4) is 11.5 Å². The Morgan fingerprint density at radius 2 is 1.64 bits per heavy atom. The van der Waals surface area contributed by atoms with Gasteiger partial charge in [-0.05, 0) is 81.4 Å². The smallest absolute Gasteiger partial charge is 0.176 e. The molecule has 0 aromatic heterocycles. The summed E-state index contributed by atoms with van der Waals surface area (Å²) in [5.41, 5.74) is 0.443. The molecule has 1 aromatic rings. The summed E-state index contributed by atoms with van der Waals surface area (Å²) in [5, 5.41) is 0. The molecule has 1 aromatic carbocycles. The van der Waals surface area contributed by atoms with Crippen LogP contribution < -0.4 is 9.47 Å². The molecule has 4 fully saturated rings. The highest BCUT2D eigenvalue weighted by Crippen LogP contribution is 2.60. The fourth-order valence-corrected chi connectivity index (χ4v) is 5.75. The number of ether oxygens (including phenoxy) is 2. The van der Waals surface area contributed by atoms with Gasteiger partial charge in [0.15, 0.2) is 23.1 Å². The van der Waals surface area contributed by atoms with Crippen LogP contribution >= 0.6 is 0 Å². The van der Waals surface area contributed by atoms with Crippen molar-refractivity contribution >= 4 is 11.6 Å². The van der Waals surface area contributed by atoms with E-state index in [0.717, 1.165) is 37.0 Å². The molecule has 4 saturated carbocycles. The summed E-state index contributed by atoms with van der Waals surface area (Å²) >= 11 is 0. The summed E-state index contributed by atoms with van der Waals surface area (Å²) in [6.45, 7) is 1.62. The SMILES string of the molecule is COc1cc(C(C)=O)ccc1OCC(=O)C12CC3CC(CC(C3)C1)C2. The van der Waals surface area contributed by atoms with Crippen molar-refractivity contribution in [2.75, 3.05) is 13.7 Å². The minimum absolute atomic E-state index is 0.0190. The van der Waals surface area contributed by atoms with E-state index in [1.807, 2.05) is 0 Å². The Kier molecular flexibility index (Phi) is 4.09. The average molecular weight is 342 g/mol. The summed E-state index contributed by atoms with van der Waals surface area (Å²) in [4.78, 5) is 24.5. The number of hydrogen-bond acceptors (Lipinski definition) is 4. The third-order valence-corrected chi connectivity index (χ3v) is 6.56. The third-order valence-electron chi connectivity index (χ3n) is 6.56. The quantitative estimate of drug-likeness (QED) is 0.732. The lowest BCUT2D eigenvalue weighted by atomic mass is 9.48. The molecule has 0 heterocycles. The van der Waals surface area contributed by atoms with Crippen LogP contribution in [0.5, 0.6) is 11.5 Å². The maximum atomic E-state index is 13.0. The maximum absolute atomic E-state index is 13.0. The largest absolute Gasteiger partial charge is 0.493 e. The van der Waals surface area contributed by atoms with E-state index < -0.39 is 0 Å². The average Bonchev–Trinajstić information content (AvgIpc) is 2.58. The zero-order chi connectivity index (χ0) is 17.6. The first kappa shape index (κ1) is 16.6. The molecule has 0 radical (unpaired) electrons. The molecule has 4 nitrogen and oxygen atoms in total. The zero-order valence-corrected chi connectivity index (χ0v) is 15.0. The Morgan fingerprint density at radius 3 is 2.16 bits per heavy atom. The molecule has 4 aliphatic rings. The van der Waals surface area contributed by atoms with Gasteiger partial charge in [0, 0.05) is 11.0 Å². The summed E-state index contributed by atoms with van der Waals surface area (Å²) in [6, 6.07) is 5.12. The summed E-state index contributed by atoms with van der Waals surface area (Å²) in [5.74, 6) is 3.52. The Morgan fingerprint density at radius 1 is 1.04 bits per heavy atom. The first-order valence-electron chi connectivity index (χ1n) is 9.34. The molecule has 0 atom stereocenters. The number of benzene rings is 1. The Balaban J connectivity index is 1.46. The molecule has 25 heavy (non-hydrogen) atoms. The van der Waals surface area contributed by atoms with Crippen LogP contribution in [0.4, 0.5) is 0 Å². The van der Waals surface area contributed by atoms with E-state index >= 15 is 0 Å². The normalized spacial score (nSPS) is 32.5. The maximum Gasteiger partial charge on any atom is 0.176 e. The van der Waals surface area contributed by atoms with Crippen molar-refractivity contribution in [2.24, 2.45) is 23.2 Å². The summed E-state index contributed by atoms with van der Waals surface area (Å²) in [7, 11) is 1.55. The lowest BCUT2D eigenvalue weighted by molar-refractivity contribution is -0.146. The van der Waals surface area contributed by atoms with Crippen molar-refractivity contribution in [3.05, 3.63) is 23.8 Å².